The van der Waals surface area contributed by atoms with E-state index in [0.29, 0.717) is 12.4 Å². The summed E-state index contributed by atoms with van der Waals surface area (Å²) in [5.41, 5.74) is 3.22. The molecule has 0 amide bonds. The number of ether oxygens (including phenoxy) is 1. The summed E-state index contributed by atoms with van der Waals surface area (Å²) in [6.07, 6.45) is 3.31. The molecular formula is C21H25N3O3S. The summed E-state index contributed by atoms with van der Waals surface area (Å²) in [4.78, 5) is 4.48. The molecule has 0 saturated carbocycles. The van der Waals surface area contributed by atoms with Crippen molar-refractivity contribution in [1.29, 1.82) is 0 Å². The number of hydrogen-bond acceptors (Lipinski definition) is 5. The van der Waals surface area contributed by atoms with Gasteiger partial charge in [-0.15, -0.1) is 0 Å². The molecule has 2 aromatic carbocycles. The predicted molar refractivity (Wildman–Crippen MR) is 112 cm³/mol. The standard InChI is InChI=1S/C21H25N3O3S/c1-5-27-16-10-12-17(13-11-16)28(25,26)23-22-15-14-20-21(2,3)18-8-6-7-9-19(18)24(20)4/h6-15,23H,5H2,1-4H3/b20-14+,22-15-. The highest BCUT2D eigenvalue weighted by molar-refractivity contribution is 7.89. The quantitative estimate of drug-likeness (QED) is 0.594. The molecule has 0 saturated heterocycles. The summed E-state index contributed by atoms with van der Waals surface area (Å²) in [5, 5.41) is 3.91. The fourth-order valence-electron chi connectivity index (χ4n) is 3.44. The molecule has 1 aliphatic rings. The number of hydrogen-bond donors (Lipinski definition) is 1. The average Bonchev–Trinajstić information content (AvgIpc) is 2.86. The second kappa shape index (κ2) is 7.67. The van der Waals surface area contributed by atoms with Crippen LogP contribution in [0.3, 0.4) is 0 Å². The number of likely N-dealkylation sites (N-methyl/N-ethyl adjacent to an activating group) is 1. The number of para-hydroxylation sites is 1. The summed E-state index contributed by atoms with van der Waals surface area (Å²) >= 11 is 0. The number of hydrazone groups is 1. The van der Waals surface area contributed by atoms with Crippen LogP contribution < -0.4 is 14.5 Å². The van der Waals surface area contributed by atoms with Crippen molar-refractivity contribution in [2.24, 2.45) is 5.10 Å². The van der Waals surface area contributed by atoms with Gasteiger partial charge in [-0.25, -0.2) is 4.83 Å². The van der Waals surface area contributed by atoms with E-state index in [2.05, 4.69) is 40.8 Å². The zero-order valence-corrected chi connectivity index (χ0v) is 17.3. The molecule has 1 heterocycles. The third-order valence-electron chi connectivity index (χ3n) is 4.87. The minimum absolute atomic E-state index is 0.131. The van der Waals surface area contributed by atoms with Crippen LogP contribution in [0.4, 0.5) is 5.69 Å². The van der Waals surface area contributed by atoms with E-state index in [1.54, 1.807) is 12.1 Å². The Bertz CT molecular complexity index is 1010. The smallest absolute Gasteiger partial charge is 0.276 e. The topological polar surface area (TPSA) is 71.0 Å². The van der Waals surface area contributed by atoms with Gasteiger partial charge in [0.05, 0.1) is 11.5 Å². The Labute approximate surface area is 166 Å². The summed E-state index contributed by atoms with van der Waals surface area (Å²) in [5.74, 6) is 0.626. The third-order valence-corrected chi connectivity index (χ3v) is 6.10. The summed E-state index contributed by atoms with van der Waals surface area (Å²) in [6, 6.07) is 14.4. The zero-order chi connectivity index (χ0) is 20.4. The molecule has 28 heavy (non-hydrogen) atoms. The number of nitrogens with one attached hydrogen (secondary N) is 1. The van der Waals surface area contributed by atoms with Crippen molar-refractivity contribution in [3.8, 4) is 5.75 Å². The maximum absolute atomic E-state index is 12.4. The van der Waals surface area contributed by atoms with Crippen LogP contribution in [0, 0.1) is 0 Å². The third kappa shape index (κ3) is 3.75. The summed E-state index contributed by atoms with van der Waals surface area (Å²) in [7, 11) is -1.73. The molecule has 6 nitrogen and oxygen atoms in total. The van der Waals surface area contributed by atoms with Crippen molar-refractivity contribution in [2.75, 3.05) is 18.6 Å². The molecule has 0 radical (unpaired) electrons. The van der Waals surface area contributed by atoms with Gasteiger partial charge in [0.15, 0.2) is 0 Å². The Balaban J connectivity index is 1.74. The Morgan fingerprint density at radius 1 is 1.14 bits per heavy atom. The van der Waals surface area contributed by atoms with E-state index >= 15 is 0 Å². The van der Waals surface area contributed by atoms with E-state index in [4.69, 9.17) is 4.74 Å². The molecule has 0 spiro atoms. The first kappa shape index (κ1) is 19.9. The largest absolute Gasteiger partial charge is 0.494 e. The van der Waals surface area contributed by atoms with Crippen molar-refractivity contribution >= 4 is 21.9 Å². The van der Waals surface area contributed by atoms with Crippen LogP contribution >= 0.6 is 0 Å². The second-order valence-corrected chi connectivity index (χ2v) is 8.69. The SMILES string of the molecule is CCOc1ccc(S(=O)(=O)N/N=C\C=C2\N(C)c3ccccc3C2(C)C)cc1. The van der Waals surface area contributed by atoms with Gasteiger partial charge < -0.3 is 9.64 Å². The first-order chi connectivity index (χ1) is 13.3. The predicted octanol–water partition coefficient (Wildman–Crippen LogP) is 3.66. The Hall–Kier alpha value is -2.80. The highest BCUT2D eigenvalue weighted by Gasteiger charge is 2.37. The molecule has 2 aromatic rings. The second-order valence-electron chi connectivity index (χ2n) is 7.03. The first-order valence-electron chi connectivity index (χ1n) is 9.09. The van der Waals surface area contributed by atoms with E-state index in [9.17, 15) is 8.42 Å². The van der Waals surface area contributed by atoms with Crippen molar-refractivity contribution in [3.05, 3.63) is 65.9 Å². The molecule has 7 heteroatoms. The molecule has 148 valence electrons. The van der Waals surface area contributed by atoms with E-state index < -0.39 is 10.0 Å². The molecule has 3 rings (SSSR count). The van der Waals surface area contributed by atoms with Gasteiger partial charge in [0.25, 0.3) is 10.0 Å². The number of rotatable bonds is 6. The lowest BCUT2D eigenvalue weighted by Gasteiger charge is -2.23. The van der Waals surface area contributed by atoms with Crippen LogP contribution in [0.25, 0.3) is 0 Å². The van der Waals surface area contributed by atoms with Crippen LogP contribution in [0.2, 0.25) is 0 Å². The van der Waals surface area contributed by atoms with E-state index in [1.807, 2.05) is 32.2 Å². The van der Waals surface area contributed by atoms with Crippen LogP contribution in [-0.2, 0) is 15.4 Å². The van der Waals surface area contributed by atoms with Crippen molar-refractivity contribution < 1.29 is 13.2 Å². The van der Waals surface area contributed by atoms with Crippen LogP contribution in [0.1, 0.15) is 26.3 Å². The van der Waals surface area contributed by atoms with Crippen LogP contribution in [0.15, 0.2) is 70.3 Å². The van der Waals surface area contributed by atoms with E-state index in [1.165, 1.54) is 23.9 Å². The highest BCUT2D eigenvalue weighted by Crippen LogP contribution is 2.46. The number of anilines is 1. The maximum atomic E-state index is 12.4. The first-order valence-corrected chi connectivity index (χ1v) is 10.6. The lowest BCUT2D eigenvalue weighted by Crippen LogP contribution is -2.23. The van der Waals surface area contributed by atoms with Gasteiger partial charge >= 0.3 is 0 Å². The Kier molecular flexibility index (Phi) is 5.47. The normalized spacial score (nSPS) is 17.1. The van der Waals surface area contributed by atoms with Gasteiger partial charge in [0.1, 0.15) is 5.75 Å². The lowest BCUT2D eigenvalue weighted by atomic mass is 9.84. The molecule has 1 aliphatic heterocycles. The molecule has 0 atom stereocenters. The fourth-order valence-corrected chi connectivity index (χ4v) is 4.24. The number of allylic oxidation sites excluding steroid dienone is 2. The van der Waals surface area contributed by atoms with Gasteiger partial charge in [0.2, 0.25) is 0 Å². The lowest BCUT2D eigenvalue weighted by molar-refractivity contribution is 0.340. The van der Waals surface area contributed by atoms with Crippen molar-refractivity contribution in [1.82, 2.24) is 4.83 Å². The number of benzene rings is 2. The van der Waals surface area contributed by atoms with Crippen molar-refractivity contribution in [3.63, 3.8) is 0 Å². The average molecular weight is 400 g/mol. The van der Waals surface area contributed by atoms with Gasteiger partial charge in [-0.1, -0.05) is 32.0 Å². The fraction of sp³-hybridized carbons (Fsp3) is 0.286. The highest BCUT2D eigenvalue weighted by atomic mass is 32.2. The molecule has 0 unspecified atom stereocenters. The van der Waals surface area contributed by atoms with Gasteiger partial charge in [0, 0.05) is 30.1 Å². The van der Waals surface area contributed by atoms with Crippen LogP contribution in [0.5, 0.6) is 5.75 Å². The van der Waals surface area contributed by atoms with Gasteiger partial charge in [-0.2, -0.15) is 13.5 Å². The summed E-state index contributed by atoms with van der Waals surface area (Å²) in [6.45, 7) is 6.67. The molecule has 1 N–H and O–H groups in total. The molecule has 0 aromatic heterocycles. The van der Waals surface area contributed by atoms with E-state index in [0.717, 1.165) is 11.4 Å². The molecule has 0 fully saturated rings. The number of nitrogens with zero attached hydrogens (tertiary/aromatic N) is 2. The molecule has 0 bridgehead atoms. The minimum Gasteiger partial charge on any atom is -0.494 e. The van der Waals surface area contributed by atoms with Gasteiger partial charge in [-0.3, -0.25) is 0 Å². The molecular weight excluding hydrogens is 374 g/mol. The van der Waals surface area contributed by atoms with E-state index in [-0.39, 0.29) is 10.3 Å². The Morgan fingerprint density at radius 3 is 2.46 bits per heavy atom. The van der Waals surface area contributed by atoms with Gasteiger partial charge in [-0.05, 0) is 48.9 Å². The summed E-state index contributed by atoms with van der Waals surface area (Å²) < 4.78 is 30.1. The number of sulfonamides is 1. The molecule has 0 aliphatic carbocycles. The Morgan fingerprint density at radius 2 is 1.82 bits per heavy atom. The number of fused-ring (bicyclic) bond motifs is 1. The minimum atomic E-state index is -3.73. The maximum Gasteiger partial charge on any atom is 0.276 e. The zero-order valence-electron chi connectivity index (χ0n) is 16.5. The van der Waals surface area contributed by atoms with Crippen LogP contribution in [-0.4, -0.2) is 28.3 Å². The monoisotopic (exact) mass is 399 g/mol. The van der Waals surface area contributed by atoms with Crippen molar-refractivity contribution in [2.45, 2.75) is 31.1 Å².